The molecular formula is C11H13F5O4. The number of alkyl halides is 5. The van der Waals surface area contributed by atoms with E-state index in [4.69, 9.17) is 5.11 Å². The number of ether oxygens (including phenoxy) is 1. The van der Waals surface area contributed by atoms with Crippen LogP contribution in [-0.2, 0) is 14.3 Å². The van der Waals surface area contributed by atoms with Crippen LogP contribution in [0.3, 0.4) is 0 Å². The van der Waals surface area contributed by atoms with Crippen LogP contribution in [0.5, 0.6) is 0 Å². The number of rotatable bonds is 4. The second kappa shape index (κ2) is 5.76. The number of carbonyl (C=O) groups is 2. The van der Waals surface area contributed by atoms with Gasteiger partial charge >= 0.3 is 24.0 Å². The van der Waals surface area contributed by atoms with Gasteiger partial charge in [-0.15, -0.1) is 0 Å². The van der Waals surface area contributed by atoms with Gasteiger partial charge in [0.15, 0.2) is 6.10 Å². The SMILES string of the molecule is CC(C)(C)C(OC(=O)/C=C\C(=O)O)C(F)(F)C(F)(F)F. The first-order valence-corrected chi connectivity index (χ1v) is 5.25. The first-order valence-electron chi connectivity index (χ1n) is 5.25. The molecule has 0 radical (unpaired) electrons. The summed E-state index contributed by atoms with van der Waals surface area (Å²) in [4.78, 5) is 21.2. The maximum Gasteiger partial charge on any atom is 0.457 e. The van der Waals surface area contributed by atoms with E-state index in [0.717, 1.165) is 20.8 Å². The van der Waals surface area contributed by atoms with Gasteiger partial charge in [-0.05, 0) is 0 Å². The first kappa shape index (κ1) is 18.3. The molecule has 0 bridgehead atoms. The Morgan fingerprint density at radius 2 is 1.50 bits per heavy atom. The van der Waals surface area contributed by atoms with Crippen molar-refractivity contribution < 1.29 is 41.4 Å². The molecule has 1 N–H and O–H groups in total. The summed E-state index contributed by atoms with van der Waals surface area (Å²) in [5.41, 5.74) is -1.72. The van der Waals surface area contributed by atoms with Crippen molar-refractivity contribution in [1.29, 1.82) is 0 Å². The second-order valence-electron chi connectivity index (χ2n) is 4.98. The van der Waals surface area contributed by atoms with Crippen molar-refractivity contribution in [2.24, 2.45) is 5.41 Å². The van der Waals surface area contributed by atoms with Crippen molar-refractivity contribution >= 4 is 11.9 Å². The highest BCUT2D eigenvalue weighted by atomic mass is 19.4. The van der Waals surface area contributed by atoms with Gasteiger partial charge in [-0.1, -0.05) is 20.8 Å². The molecule has 0 rings (SSSR count). The van der Waals surface area contributed by atoms with Crippen LogP contribution in [0.25, 0.3) is 0 Å². The molecule has 20 heavy (non-hydrogen) atoms. The van der Waals surface area contributed by atoms with Crippen molar-refractivity contribution in [1.82, 2.24) is 0 Å². The minimum Gasteiger partial charge on any atom is -0.478 e. The monoisotopic (exact) mass is 304 g/mol. The van der Waals surface area contributed by atoms with Crippen LogP contribution in [0, 0.1) is 5.41 Å². The summed E-state index contributed by atoms with van der Waals surface area (Å²) in [6, 6.07) is 0. The summed E-state index contributed by atoms with van der Waals surface area (Å²) >= 11 is 0. The van der Waals surface area contributed by atoms with Gasteiger partial charge in [-0.2, -0.15) is 22.0 Å². The van der Waals surface area contributed by atoms with E-state index < -0.39 is 35.6 Å². The zero-order valence-electron chi connectivity index (χ0n) is 10.8. The molecule has 9 heteroatoms. The predicted molar refractivity (Wildman–Crippen MR) is 57.1 cm³/mol. The Hall–Kier alpha value is -1.67. The number of esters is 1. The normalized spacial score (nSPS) is 15.2. The number of carboxylic acid groups (broad SMARTS) is 1. The molecule has 0 saturated heterocycles. The molecule has 0 aromatic rings. The van der Waals surface area contributed by atoms with Gasteiger partial charge in [-0.3, -0.25) is 0 Å². The molecular weight excluding hydrogens is 291 g/mol. The maximum atomic E-state index is 13.3. The van der Waals surface area contributed by atoms with Crippen LogP contribution in [-0.4, -0.2) is 35.2 Å². The largest absolute Gasteiger partial charge is 0.478 e. The highest BCUT2D eigenvalue weighted by Crippen LogP contribution is 2.45. The van der Waals surface area contributed by atoms with Crippen molar-refractivity contribution in [3.63, 3.8) is 0 Å². The molecule has 0 aromatic heterocycles. The standard InChI is InChI=1S/C11H13F5O4/c1-9(2,3)8(10(12,13)11(14,15)16)20-7(19)5-4-6(17)18/h4-5,8H,1-3H3,(H,17,18)/b5-4-. The number of carbonyl (C=O) groups excluding carboxylic acids is 1. The highest BCUT2D eigenvalue weighted by Gasteiger charge is 2.66. The zero-order chi connectivity index (χ0) is 16.4. The molecule has 0 heterocycles. The number of halogens is 5. The Bertz CT molecular complexity index is 406. The van der Waals surface area contributed by atoms with E-state index in [9.17, 15) is 31.5 Å². The van der Waals surface area contributed by atoms with Gasteiger partial charge < -0.3 is 9.84 Å². The van der Waals surface area contributed by atoms with Gasteiger partial charge in [0.1, 0.15) is 0 Å². The summed E-state index contributed by atoms with van der Waals surface area (Å²) in [7, 11) is 0. The maximum absolute atomic E-state index is 13.3. The fourth-order valence-corrected chi connectivity index (χ4v) is 1.24. The first-order chi connectivity index (χ1) is 8.69. The molecule has 0 aliphatic carbocycles. The number of aliphatic carboxylic acids is 1. The average Bonchev–Trinajstić information content (AvgIpc) is 2.19. The Kier molecular flexibility index (Phi) is 5.28. The predicted octanol–water partition coefficient (Wildman–Crippen LogP) is 2.78. The molecule has 0 aromatic carbocycles. The highest BCUT2D eigenvalue weighted by molar-refractivity contribution is 5.90. The molecule has 1 unspecified atom stereocenters. The summed E-state index contributed by atoms with van der Waals surface area (Å²) < 4.78 is 67.7. The Balaban J connectivity index is 5.33. The molecule has 4 nitrogen and oxygen atoms in total. The van der Waals surface area contributed by atoms with Crippen molar-refractivity contribution in [3.05, 3.63) is 12.2 Å². The van der Waals surface area contributed by atoms with Gasteiger partial charge in [0.05, 0.1) is 0 Å². The van der Waals surface area contributed by atoms with Crippen LogP contribution >= 0.6 is 0 Å². The topological polar surface area (TPSA) is 63.6 Å². The fourth-order valence-electron chi connectivity index (χ4n) is 1.24. The average molecular weight is 304 g/mol. The Labute approximate surface area is 111 Å². The van der Waals surface area contributed by atoms with Crippen molar-refractivity contribution in [3.8, 4) is 0 Å². The van der Waals surface area contributed by atoms with E-state index in [0.29, 0.717) is 0 Å². The molecule has 0 fully saturated rings. The third kappa shape index (κ3) is 4.78. The third-order valence-corrected chi connectivity index (χ3v) is 2.09. The molecule has 0 aliphatic rings. The van der Waals surface area contributed by atoms with Crippen LogP contribution in [0.1, 0.15) is 20.8 Å². The van der Waals surface area contributed by atoms with Crippen molar-refractivity contribution in [2.45, 2.75) is 39.0 Å². The van der Waals surface area contributed by atoms with Crippen LogP contribution in [0.15, 0.2) is 12.2 Å². The smallest absolute Gasteiger partial charge is 0.457 e. The van der Waals surface area contributed by atoms with E-state index in [-0.39, 0.29) is 12.2 Å². The lowest BCUT2D eigenvalue weighted by Gasteiger charge is -2.36. The lowest BCUT2D eigenvalue weighted by atomic mass is 9.84. The van der Waals surface area contributed by atoms with Crippen LogP contribution in [0.4, 0.5) is 22.0 Å². The second-order valence-corrected chi connectivity index (χ2v) is 4.98. The van der Waals surface area contributed by atoms with E-state index in [1.54, 1.807) is 0 Å². The third-order valence-electron chi connectivity index (χ3n) is 2.09. The molecule has 0 aliphatic heterocycles. The van der Waals surface area contributed by atoms with E-state index in [2.05, 4.69) is 4.74 Å². The van der Waals surface area contributed by atoms with E-state index in [1.807, 2.05) is 0 Å². The molecule has 116 valence electrons. The summed E-state index contributed by atoms with van der Waals surface area (Å²) in [5, 5.41) is 8.22. The Morgan fingerprint density at radius 3 is 1.80 bits per heavy atom. The van der Waals surface area contributed by atoms with E-state index >= 15 is 0 Å². The van der Waals surface area contributed by atoms with Gasteiger partial charge in [0.25, 0.3) is 0 Å². The lowest BCUT2D eigenvalue weighted by molar-refractivity contribution is -0.326. The summed E-state index contributed by atoms with van der Waals surface area (Å²) in [6.45, 7) is 3.10. The minimum absolute atomic E-state index is 0.257. The summed E-state index contributed by atoms with van der Waals surface area (Å²) in [5.74, 6) is -8.44. The summed E-state index contributed by atoms with van der Waals surface area (Å²) in [6.07, 6.45) is -8.16. The quantitative estimate of drug-likeness (QED) is 0.493. The lowest BCUT2D eigenvalue weighted by Crippen LogP contribution is -2.54. The van der Waals surface area contributed by atoms with Gasteiger partial charge in [-0.25, -0.2) is 9.59 Å². The van der Waals surface area contributed by atoms with Crippen LogP contribution in [0.2, 0.25) is 0 Å². The molecule has 0 amide bonds. The zero-order valence-corrected chi connectivity index (χ0v) is 10.8. The Morgan fingerprint density at radius 1 is 1.05 bits per heavy atom. The van der Waals surface area contributed by atoms with E-state index in [1.165, 1.54) is 0 Å². The number of carboxylic acids is 1. The van der Waals surface area contributed by atoms with Crippen molar-refractivity contribution in [2.75, 3.05) is 0 Å². The fraction of sp³-hybridized carbons (Fsp3) is 0.636. The minimum atomic E-state index is -5.90. The number of hydrogen-bond acceptors (Lipinski definition) is 3. The van der Waals surface area contributed by atoms with Gasteiger partial charge in [0.2, 0.25) is 0 Å². The van der Waals surface area contributed by atoms with Crippen LogP contribution < -0.4 is 0 Å². The molecule has 1 atom stereocenters. The molecule has 0 spiro atoms. The number of hydrogen-bond donors (Lipinski definition) is 1. The van der Waals surface area contributed by atoms with Gasteiger partial charge in [0, 0.05) is 17.6 Å². The molecule has 0 saturated carbocycles.